The van der Waals surface area contributed by atoms with Gasteiger partial charge in [-0.1, -0.05) is 28.8 Å². The Labute approximate surface area is 83.8 Å². The zero-order valence-corrected chi connectivity index (χ0v) is 9.60. The highest BCUT2D eigenvalue weighted by molar-refractivity contribution is 9.09. The lowest BCUT2D eigenvalue weighted by molar-refractivity contribution is 0.188. The van der Waals surface area contributed by atoms with Crippen molar-refractivity contribution in [3.8, 4) is 0 Å². The maximum atomic E-state index is 5.01. The van der Waals surface area contributed by atoms with Gasteiger partial charge in [-0.3, -0.25) is 0 Å². The van der Waals surface area contributed by atoms with Crippen molar-refractivity contribution in [3.63, 3.8) is 0 Å². The smallest absolute Gasteiger partial charge is 0.0587 e. The average Bonchev–Trinajstić information content (AvgIpc) is 2.05. The summed E-state index contributed by atoms with van der Waals surface area (Å²) >= 11 is 3.55. The van der Waals surface area contributed by atoms with Crippen LogP contribution in [-0.4, -0.2) is 32.3 Å². The Morgan fingerprint density at radius 1 is 1.08 bits per heavy atom. The molecule has 1 atom stereocenters. The van der Waals surface area contributed by atoms with E-state index >= 15 is 0 Å². The second-order valence-electron chi connectivity index (χ2n) is 2.89. The zero-order chi connectivity index (χ0) is 9.23. The fraction of sp³-hybridized carbons (Fsp3) is 1.00. The van der Waals surface area contributed by atoms with Crippen LogP contribution in [0, 0.1) is 0 Å². The van der Waals surface area contributed by atoms with Crippen LogP contribution in [0.2, 0.25) is 0 Å². The van der Waals surface area contributed by atoms with Crippen LogP contribution < -0.4 is 0 Å². The van der Waals surface area contributed by atoms with E-state index < -0.39 is 0 Å². The van der Waals surface area contributed by atoms with Crippen molar-refractivity contribution >= 4 is 15.9 Å². The Kier molecular flexibility index (Phi) is 9.80. The lowest BCUT2D eigenvalue weighted by Crippen LogP contribution is -2.06. The molecule has 0 saturated heterocycles. The molecule has 0 rings (SSSR count). The molecule has 0 heterocycles. The van der Waals surface area contributed by atoms with E-state index in [-0.39, 0.29) is 0 Å². The number of alkyl halides is 1. The molecule has 12 heavy (non-hydrogen) atoms. The standard InChI is InChI=1S/C9H19BrO2/c1-11-7-5-3-4-6-9(10)8-12-2/h9H,3-8H2,1-2H3. The fourth-order valence-corrected chi connectivity index (χ4v) is 1.64. The quantitative estimate of drug-likeness (QED) is 0.478. The maximum Gasteiger partial charge on any atom is 0.0587 e. The molecule has 0 radical (unpaired) electrons. The minimum Gasteiger partial charge on any atom is -0.385 e. The SMILES string of the molecule is COCCCCCC(Br)COC. The number of hydrogen-bond acceptors (Lipinski definition) is 2. The maximum absolute atomic E-state index is 5.01. The van der Waals surface area contributed by atoms with Crippen LogP contribution in [0.3, 0.4) is 0 Å². The number of rotatable bonds is 8. The summed E-state index contributed by atoms with van der Waals surface area (Å²) in [5, 5.41) is 0. The highest BCUT2D eigenvalue weighted by Gasteiger charge is 2.01. The van der Waals surface area contributed by atoms with Crippen LogP contribution in [-0.2, 0) is 9.47 Å². The van der Waals surface area contributed by atoms with Gasteiger partial charge in [0.2, 0.25) is 0 Å². The van der Waals surface area contributed by atoms with Gasteiger partial charge in [0.1, 0.15) is 0 Å². The summed E-state index contributed by atoms with van der Waals surface area (Å²) < 4.78 is 9.97. The van der Waals surface area contributed by atoms with Crippen LogP contribution >= 0.6 is 15.9 Å². The van der Waals surface area contributed by atoms with Gasteiger partial charge in [0.25, 0.3) is 0 Å². The minimum absolute atomic E-state index is 0.519. The van der Waals surface area contributed by atoms with Crippen LogP contribution in [0.25, 0.3) is 0 Å². The molecular weight excluding hydrogens is 220 g/mol. The molecule has 0 amide bonds. The molecule has 0 aliphatic carbocycles. The summed E-state index contributed by atoms with van der Waals surface area (Å²) in [4.78, 5) is 0.519. The molecule has 0 saturated carbocycles. The first-order chi connectivity index (χ1) is 5.81. The van der Waals surface area contributed by atoms with E-state index in [1.54, 1.807) is 14.2 Å². The third kappa shape index (κ3) is 8.50. The monoisotopic (exact) mass is 238 g/mol. The molecule has 0 bridgehead atoms. The Morgan fingerprint density at radius 2 is 1.83 bits per heavy atom. The van der Waals surface area contributed by atoms with E-state index in [2.05, 4.69) is 15.9 Å². The first kappa shape index (κ1) is 12.4. The lowest BCUT2D eigenvalue weighted by atomic mass is 10.1. The third-order valence-corrected chi connectivity index (χ3v) is 2.44. The van der Waals surface area contributed by atoms with E-state index in [1.807, 2.05) is 0 Å². The fourth-order valence-electron chi connectivity index (χ4n) is 1.05. The van der Waals surface area contributed by atoms with Crippen molar-refractivity contribution < 1.29 is 9.47 Å². The van der Waals surface area contributed by atoms with Crippen molar-refractivity contribution in [2.45, 2.75) is 30.5 Å². The number of methoxy groups -OCH3 is 2. The van der Waals surface area contributed by atoms with Crippen LogP contribution in [0.15, 0.2) is 0 Å². The molecule has 0 aromatic carbocycles. The van der Waals surface area contributed by atoms with Crippen LogP contribution in [0.1, 0.15) is 25.7 Å². The van der Waals surface area contributed by atoms with E-state index in [0.717, 1.165) is 13.2 Å². The van der Waals surface area contributed by atoms with Gasteiger partial charge in [0, 0.05) is 25.7 Å². The van der Waals surface area contributed by atoms with Gasteiger partial charge < -0.3 is 9.47 Å². The molecule has 74 valence electrons. The predicted octanol–water partition coefficient (Wildman–Crippen LogP) is 2.60. The highest BCUT2D eigenvalue weighted by atomic mass is 79.9. The van der Waals surface area contributed by atoms with E-state index in [0.29, 0.717) is 4.83 Å². The van der Waals surface area contributed by atoms with E-state index in [9.17, 15) is 0 Å². The van der Waals surface area contributed by atoms with Crippen molar-refractivity contribution in [1.82, 2.24) is 0 Å². The number of hydrogen-bond donors (Lipinski definition) is 0. The molecule has 0 aliphatic rings. The largest absolute Gasteiger partial charge is 0.385 e. The van der Waals surface area contributed by atoms with Crippen LogP contribution in [0.5, 0.6) is 0 Å². The van der Waals surface area contributed by atoms with Crippen molar-refractivity contribution in [3.05, 3.63) is 0 Å². The predicted molar refractivity (Wildman–Crippen MR) is 54.9 cm³/mol. The second-order valence-corrected chi connectivity index (χ2v) is 4.19. The Bertz CT molecular complexity index is 88.6. The first-order valence-electron chi connectivity index (χ1n) is 4.43. The number of halogens is 1. The molecule has 1 unspecified atom stereocenters. The Morgan fingerprint density at radius 3 is 2.42 bits per heavy atom. The van der Waals surface area contributed by atoms with Gasteiger partial charge in [-0.15, -0.1) is 0 Å². The molecule has 0 N–H and O–H groups in total. The molecule has 0 aromatic heterocycles. The second kappa shape index (κ2) is 9.49. The first-order valence-corrected chi connectivity index (χ1v) is 5.34. The summed E-state index contributed by atoms with van der Waals surface area (Å²) in [6.45, 7) is 1.70. The van der Waals surface area contributed by atoms with Gasteiger partial charge in [-0.25, -0.2) is 0 Å². The zero-order valence-electron chi connectivity index (χ0n) is 8.01. The molecule has 0 aliphatic heterocycles. The summed E-state index contributed by atoms with van der Waals surface area (Å²) in [5.41, 5.74) is 0. The van der Waals surface area contributed by atoms with Gasteiger partial charge in [-0.2, -0.15) is 0 Å². The molecule has 3 heteroatoms. The summed E-state index contributed by atoms with van der Waals surface area (Å²) in [6.07, 6.45) is 4.86. The van der Waals surface area contributed by atoms with Gasteiger partial charge in [0.05, 0.1) is 6.61 Å². The molecule has 0 aromatic rings. The Hall–Kier alpha value is 0.400. The van der Waals surface area contributed by atoms with Gasteiger partial charge in [0.15, 0.2) is 0 Å². The summed E-state index contributed by atoms with van der Waals surface area (Å²) in [5.74, 6) is 0. The third-order valence-electron chi connectivity index (χ3n) is 1.71. The summed E-state index contributed by atoms with van der Waals surface area (Å²) in [6, 6.07) is 0. The Balaban J connectivity index is 2.97. The molecular formula is C9H19BrO2. The highest BCUT2D eigenvalue weighted by Crippen LogP contribution is 2.11. The molecule has 0 spiro atoms. The van der Waals surface area contributed by atoms with Crippen molar-refractivity contribution in [2.75, 3.05) is 27.4 Å². The van der Waals surface area contributed by atoms with E-state index in [1.165, 1.54) is 25.7 Å². The van der Waals surface area contributed by atoms with Crippen molar-refractivity contribution in [2.24, 2.45) is 0 Å². The lowest BCUT2D eigenvalue weighted by Gasteiger charge is -2.07. The minimum atomic E-state index is 0.519. The number of ether oxygens (including phenoxy) is 2. The topological polar surface area (TPSA) is 18.5 Å². The van der Waals surface area contributed by atoms with Gasteiger partial charge in [-0.05, 0) is 12.8 Å². The summed E-state index contributed by atoms with van der Waals surface area (Å²) in [7, 11) is 3.48. The van der Waals surface area contributed by atoms with Gasteiger partial charge >= 0.3 is 0 Å². The normalized spacial score (nSPS) is 13.2. The molecule has 0 fully saturated rings. The van der Waals surface area contributed by atoms with E-state index in [4.69, 9.17) is 9.47 Å². The van der Waals surface area contributed by atoms with Crippen molar-refractivity contribution in [1.29, 1.82) is 0 Å². The molecule has 2 nitrogen and oxygen atoms in total. The number of unbranched alkanes of at least 4 members (excludes halogenated alkanes) is 2. The van der Waals surface area contributed by atoms with Crippen LogP contribution in [0.4, 0.5) is 0 Å². The average molecular weight is 239 g/mol.